The molecule has 0 atom stereocenters. The van der Waals surface area contributed by atoms with Crippen molar-refractivity contribution in [2.45, 2.75) is 37.3 Å². The molecule has 2 N–H and O–H groups in total. The van der Waals surface area contributed by atoms with Gasteiger partial charge in [0.05, 0.1) is 10.6 Å². The second-order valence-corrected chi connectivity index (χ2v) is 9.33. The first-order valence-electron chi connectivity index (χ1n) is 8.75. The van der Waals surface area contributed by atoms with E-state index in [1.165, 1.54) is 0 Å². The van der Waals surface area contributed by atoms with E-state index < -0.39 is 9.84 Å². The summed E-state index contributed by atoms with van der Waals surface area (Å²) < 4.78 is 25.4. The molecule has 1 fully saturated rings. The number of benzene rings is 2. The molecule has 1 amide bonds. The molecule has 3 rings (SSSR count). The highest BCUT2D eigenvalue weighted by Gasteiger charge is 2.30. The van der Waals surface area contributed by atoms with Gasteiger partial charge < -0.3 is 10.6 Å². The topological polar surface area (TPSA) is 75.3 Å². The van der Waals surface area contributed by atoms with Crippen molar-refractivity contribution in [3.05, 3.63) is 59.2 Å². The maximum atomic E-state index is 12.7. The lowest BCUT2D eigenvalue weighted by molar-refractivity contribution is -0.120. The van der Waals surface area contributed by atoms with Crippen LogP contribution in [-0.2, 0) is 20.4 Å². The van der Waals surface area contributed by atoms with Crippen LogP contribution in [0.4, 0.5) is 5.69 Å². The number of hydrogen-bond donors (Lipinski definition) is 2. The van der Waals surface area contributed by atoms with Gasteiger partial charge in [0.15, 0.2) is 14.9 Å². The summed E-state index contributed by atoms with van der Waals surface area (Å²) in [4.78, 5) is 11.9. The molecule has 0 heterocycles. The van der Waals surface area contributed by atoms with Crippen LogP contribution in [0.5, 0.6) is 0 Å². The van der Waals surface area contributed by atoms with E-state index in [2.05, 4.69) is 10.6 Å². The lowest BCUT2D eigenvalue weighted by atomic mass is 10.1. The van der Waals surface area contributed by atoms with Crippen molar-refractivity contribution in [3.8, 4) is 0 Å². The minimum Gasteiger partial charge on any atom is -0.332 e. The van der Waals surface area contributed by atoms with Crippen LogP contribution in [-0.4, -0.2) is 19.4 Å². The number of thiocarbonyl (C=S) groups is 1. The number of carbonyl (C=O) groups excluding carboxylic acids is 1. The Morgan fingerprint density at radius 1 is 1.11 bits per heavy atom. The third-order valence-electron chi connectivity index (χ3n) is 4.50. The predicted octanol–water partition coefficient (Wildman–Crippen LogP) is 3.50. The summed E-state index contributed by atoms with van der Waals surface area (Å²) in [6.45, 7) is 3.90. The van der Waals surface area contributed by atoms with Crippen LogP contribution in [0.1, 0.15) is 29.5 Å². The number of amides is 1. The van der Waals surface area contributed by atoms with E-state index in [0.29, 0.717) is 5.69 Å². The average Bonchev–Trinajstić information content (AvgIpc) is 3.43. The van der Waals surface area contributed by atoms with Crippen molar-refractivity contribution in [2.75, 3.05) is 5.32 Å². The monoisotopic (exact) mass is 402 g/mol. The fourth-order valence-electron chi connectivity index (χ4n) is 2.76. The van der Waals surface area contributed by atoms with Gasteiger partial charge in [-0.05, 0) is 74.3 Å². The van der Waals surface area contributed by atoms with E-state index in [-0.39, 0.29) is 27.6 Å². The summed E-state index contributed by atoms with van der Waals surface area (Å²) in [6, 6.07) is 12.1. The highest BCUT2D eigenvalue weighted by Crippen LogP contribution is 2.28. The van der Waals surface area contributed by atoms with Gasteiger partial charge in [-0.15, -0.1) is 0 Å². The highest BCUT2D eigenvalue weighted by molar-refractivity contribution is 7.90. The Hall–Kier alpha value is -2.25. The maximum absolute atomic E-state index is 12.7. The van der Waals surface area contributed by atoms with Crippen LogP contribution in [0.15, 0.2) is 47.4 Å². The van der Waals surface area contributed by atoms with E-state index in [1.807, 2.05) is 32.0 Å². The average molecular weight is 403 g/mol. The Balaban J connectivity index is 1.66. The summed E-state index contributed by atoms with van der Waals surface area (Å²) in [5.41, 5.74) is 3.50. The molecule has 0 saturated heterocycles. The third-order valence-corrected chi connectivity index (χ3v) is 6.39. The number of hydrogen-bond acceptors (Lipinski definition) is 4. The molecule has 7 heteroatoms. The van der Waals surface area contributed by atoms with E-state index in [0.717, 1.165) is 29.5 Å². The summed E-state index contributed by atoms with van der Waals surface area (Å²) >= 11 is 5.12. The first-order chi connectivity index (χ1) is 12.7. The first-order valence-corrected chi connectivity index (χ1v) is 10.8. The van der Waals surface area contributed by atoms with Crippen LogP contribution in [0.3, 0.4) is 0 Å². The Morgan fingerprint density at radius 3 is 2.37 bits per heavy atom. The Morgan fingerprint density at radius 2 is 1.78 bits per heavy atom. The number of aryl methyl sites for hydroxylation is 2. The highest BCUT2D eigenvalue weighted by atomic mass is 32.2. The van der Waals surface area contributed by atoms with Gasteiger partial charge in [-0.3, -0.25) is 4.79 Å². The van der Waals surface area contributed by atoms with E-state index >= 15 is 0 Å². The predicted molar refractivity (Wildman–Crippen MR) is 110 cm³/mol. The number of sulfone groups is 1. The smallest absolute Gasteiger partial charge is 0.229 e. The van der Waals surface area contributed by atoms with Gasteiger partial charge in [0.1, 0.15) is 0 Å². The standard InChI is InChI=1S/C20H22N2O3S2/c1-13-3-4-16(14(2)11-13)12-27(24,25)18-9-7-17(8-10-18)21-20(26)22-19(23)15-5-6-15/h3-4,7-11,15H,5-6,12H2,1-2H3,(H2,21,22,23,26). The molecule has 142 valence electrons. The maximum Gasteiger partial charge on any atom is 0.229 e. The fraction of sp³-hybridized carbons (Fsp3) is 0.300. The van der Waals surface area contributed by atoms with Gasteiger partial charge in [0.2, 0.25) is 5.91 Å². The van der Waals surface area contributed by atoms with Crippen LogP contribution in [0.25, 0.3) is 0 Å². The summed E-state index contributed by atoms with van der Waals surface area (Å²) in [7, 11) is -3.45. The minimum atomic E-state index is -3.45. The van der Waals surface area contributed by atoms with Crippen molar-refractivity contribution in [1.82, 2.24) is 5.32 Å². The summed E-state index contributed by atoms with van der Waals surface area (Å²) in [5.74, 6) is -0.0375. The zero-order valence-electron chi connectivity index (χ0n) is 15.3. The van der Waals surface area contributed by atoms with Crippen molar-refractivity contribution >= 4 is 38.8 Å². The summed E-state index contributed by atoms with van der Waals surface area (Å²) in [6.07, 6.45) is 1.81. The Labute approximate surface area is 165 Å². The number of rotatable bonds is 5. The van der Waals surface area contributed by atoms with Crippen molar-refractivity contribution < 1.29 is 13.2 Å². The molecule has 0 unspecified atom stereocenters. The molecule has 27 heavy (non-hydrogen) atoms. The molecular formula is C20H22N2O3S2. The minimum absolute atomic E-state index is 0.0399. The normalized spacial score (nSPS) is 13.9. The lowest BCUT2D eigenvalue weighted by Gasteiger charge is -2.11. The van der Waals surface area contributed by atoms with E-state index in [4.69, 9.17) is 12.2 Å². The molecule has 1 aliphatic carbocycles. The largest absolute Gasteiger partial charge is 0.332 e. The van der Waals surface area contributed by atoms with Crippen LogP contribution in [0.2, 0.25) is 0 Å². The third kappa shape index (κ3) is 5.14. The van der Waals surface area contributed by atoms with Crippen LogP contribution >= 0.6 is 12.2 Å². The zero-order valence-corrected chi connectivity index (χ0v) is 16.9. The van der Waals surface area contributed by atoms with Crippen molar-refractivity contribution in [1.29, 1.82) is 0 Å². The Bertz CT molecular complexity index is 979. The lowest BCUT2D eigenvalue weighted by Crippen LogP contribution is -2.35. The van der Waals surface area contributed by atoms with Crippen LogP contribution < -0.4 is 10.6 Å². The van der Waals surface area contributed by atoms with Gasteiger partial charge in [-0.2, -0.15) is 0 Å². The number of carbonyl (C=O) groups is 1. The second-order valence-electron chi connectivity index (χ2n) is 6.93. The first kappa shape index (κ1) is 19.5. The molecule has 2 aromatic carbocycles. The van der Waals surface area contributed by atoms with Gasteiger partial charge in [0.25, 0.3) is 0 Å². The number of anilines is 1. The second kappa shape index (κ2) is 7.78. The molecular weight excluding hydrogens is 380 g/mol. The fourth-order valence-corrected chi connectivity index (χ4v) is 4.43. The van der Waals surface area contributed by atoms with Crippen LogP contribution in [0, 0.1) is 19.8 Å². The SMILES string of the molecule is Cc1ccc(CS(=O)(=O)c2ccc(NC(=S)NC(=O)C3CC3)cc2)c(C)c1. The zero-order chi connectivity index (χ0) is 19.6. The molecule has 0 radical (unpaired) electrons. The number of nitrogens with one attached hydrogen (secondary N) is 2. The molecule has 1 saturated carbocycles. The van der Waals surface area contributed by atoms with E-state index in [9.17, 15) is 13.2 Å². The van der Waals surface area contributed by atoms with Crippen molar-refractivity contribution in [3.63, 3.8) is 0 Å². The molecule has 2 aromatic rings. The summed E-state index contributed by atoms with van der Waals surface area (Å²) in [5, 5.41) is 5.77. The van der Waals surface area contributed by atoms with Gasteiger partial charge in [-0.1, -0.05) is 23.8 Å². The quantitative estimate of drug-likeness (QED) is 0.749. The Kier molecular flexibility index (Phi) is 5.62. The van der Waals surface area contributed by atoms with Crippen molar-refractivity contribution in [2.24, 2.45) is 5.92 Å². The van der Waals surface area contributed by atoms with Gasteiger partial charge in [-0.25, -0.2) is 8.42 Å². The van der Waals surface area contributed by atoms with Gasteiger partial charge in [0, 0.05) is 11.6 Å². The molecule has 0 aliphatic heterocycles. The molecule has 0 spiro atoms. The molecule has 5 nitrogen and oxygen atoms in total. The van der Waals surface area contributed by atoms with E-state index in [1.54, 1.807) is 24.3 Å². The van der Waals surface area contributed by atoms with Gasteiger partial charge >= 0.3 is 0 Å². The molecule has 0 bridgehead atoms. The molecule has 1 aliphatic rings. The molecule has 0 aromatic heterocycles.